The number of nitrogens with one attached hydrogen (secondary N) is 1. The van der Waals surface area contributed by atoms with E-state index in [1.165, 1.54) is 0 Å². The zero-order valence-corrected chi connectivity index (χ0v) is 8.67. The van der Waals surface area contributed by atoms with Crippen molar-refractivity contribution in [3.05, 3.63) is 54.1 Å². The van der Waals surface area contributed by atoms with Gasteiger partial charge in [-0.1, -0.05) is 43.0 Å². The summed E-state index contributed by atoms with van der Waals surface area (Å²) in [6, 6.07) is 10.0. The highest BCUT2D eigenvalue weighted by atomic mass is 14.4. The lowest BCUT2D eigenvalue weighted by molar-refractivity contribution is 1.46. The van der Waals surface area contributed by atoms with Crippen LogP contribution in [0.4, 0.5) is 0 Å². The molecule has 0 unspecified atom stereocenters. The number of hydrogen-bond acceptors (Lipinski definition) is 1. The minimum atomic E-state index is 0.516. The van der Waals surface area contributed by atoms with Crippen molar-refractivity contribution in [1.82, 2.24) is 0 Å². The first kappa shape index (κ1) is 10.5. The van der Waals surface area contributed by atoms with Crippen LogP contribution >= 0.6 is 0 Å². The van der Waals surface area contributed by atoms with Crippen molar-refractivity contribution in [2.75, 3.05) is 0 Å². The Morgan fingerprint density at radius 1 is 1.29 bits per heavy atom. The number of benzene rings is 1. The van der Waals surface area contributed by atoms with Crippen LogP contribution in [0.5, 0.6) is 0 Å². The number of hydrogen-bond donors (Lipinski definition) is 1. The fourth-order valence-corrected chi connectivity index (χ4v) is 1.33. The summed E-state index contributed by atoms with van der Waals surface area (Å²) in [6.45, 7) is 7.64. The highest BCUT2D eigenvalue weighted by molar-refractivity contribution is 6.09. The van der Waals surface area contributed by atoms with Crippen LogP contribution in [0.2, 0.25) is 0 Å². The molecule has 0 amide bonds. The summed E-state index contributed by atoms with van der Waals surface area (Å²) in [5, 5.41) is 7.54. The highest BCUT2D eigenvalue weighted by Gasteiger charge is 2.05. The van der Waals surface area contributed by atoms with Gasteiger partial charge in [0.15, 0.2) is 0 Å². The van der Waals surface area contributed by atoms with E-state index in [9.17, 15) is 0 Å². The molecule has 0 bridgehead atoms. The van der Waals surface area contributed by atoms with Gasteiger partial charge in [0.1, 0.15) is 0 Å². The molecule has 14 heavy (non-hydrogen) atoms. The predicted octanol–water partition coefficient (Wildman–Crippen LogP) is 3.69. The Bertz CT molecular complexity index is 371. The molecule has 0 heterocycles. The third-order valence-electron chi connectivity index (χ3n) is 2.15. The Morgan fingerprint density at radius 2 is 1.86 bits per heavy atom. The summed E-state index contributed by atoms with van der Waals surface area (Å²) in [4.78, 5) is 0. The molecule has 0 aliphatic rings. The zero-order valence-electron chi connectivity index (χ0n) is 8.67. The van der Waals surface area contributed by atoms with E-state index in [-0.39, 0.29) is 0 Å². The number of allylic oxidation sites excluding steroid dienone is 3. The molecule has 0 spiro atoms. The van der Waals surface area contributed by atoms with Crippen LogP contribution in [-0.4, -0.2) is 5.71 Å². The third-order valence-corrected chi connectivity index (χ3v) is 2.15. The molecule has 0 aromatic heterocycles. The van der Waals surface area contributed by atoms with Gasteiger partial charge in [-0.05, 0) is 30.6 Å². The summed E-state index contributed by atoms with van der Waals surface area (Å²) in [5.41, 5.74) is 3.46. The minimum Gasteiger partial charge on any atom is -0.305 e. The maximum Gasteiger partial charge on any atom is 0.0355 e. The van der Waals surface area contributed by atoms with Gasteiger partial charge < -0.3 is 5.41 Å². The van der Waals surface area contributed by atoms with Crippen molar-refractivity contribution in [1.29, 1.82) is 5.41 Å². The topological polar surface area (TPSA) is 23.9 Å². The maximum absolute atomic E-state index is 7.54. The summed E-state index contributed by atoms with van der Waals surface area (Å²) in [7, 11) is 0. The molecular formula is C13H15N. The minimum absolute atomic E-state index is 0.516. The Hall–Kier alpha value is -1.63. The average Bonchev–Trinajstić information content (AvgIpc) is 2.20. The first-order valence-corrected chi connectivity index (χ1v) is 4.63. The van der Waals surface area contributed by atoms with E-state index in [0.29, 0.717) is 5.71 Å². The largest absolute Gasteiger partial charge is 0.305 e. The van der Waals surface area contributed by atoms with Crippen LogP contribution < -0.4 is 0 Å². The fraction of sp³-hybridized carbons (Fsp3) is 0.154. The zero-order chi connectivity index (χ0) is 10.6. The third kappa shape index (κ3) is 2.19. The van der Waals surface area contributed by atoms with Crippen LogP contribution in [0.25, 0.3) is 5.57 Å². The molecule has 1 rings (SSSR count). The van der Waals surface area contributed by atoms with Crippen molar-refractivity contribution < 1.29 is 0 Å². The molecule has 0 radical (unpaired) electrons. The molecule has 1 aromatic carbocycles. The quantitative estimate of drug-likeness (QED) is 0.548. The normalized spacial score (nSPS) is 11.1. The van der Waals surface area contributed by atoms with Gasteiger partial charge >= 0.3 is 0 Å². The van der Waals surface area contributed by atoms with Gasteiger partial charge in [0.25, 0.3) is 0 Å². The second-order valence-corrected chi connectivity index (χ2v) is 3.17. The molecular weight excluding hydrogens is 170 g/mol. The summed E-state index contributed by atoms with van der Waals surface area (Å²) in [6.07, 6.45) is 2.00. The number of rotatable bonds is 3. The van der Waals surface area contributed by atoms with Crippen molar-refractivity contribution in [2.24, 2.45) is 0 Å². The summed E-state index contributed by atoms with van der Waals surface area (Å²) >= 11 is 0. The van der Waals surface area contributed by atoms with Crippen LogP contribution in [-0.2, 0) is 0 Å². The lowest BCUT2D eigenvalue weighted by Crippen LogP contribution is -1.97. The molecule has 0 atom stereocenters. The van der Waals surface area contributed by atoms with E-state index in [4.69, 9.17) is 5.41 Å². The van der Waals surface area contributed by atoms with Crippen LogP contribution in [0.15, 0.2) is 48.6 Å². The predicted molar refractivity (Wildman–Crippen MR) is 62.6 cm³/mol. The molecule has 0 fully saturated rings. The molecule has 1 aromatic rings. The first-order valence-electron chi connectivity index (χ1n) is 4.63. The second-order valence-electron chi connectivity index (χ2n) is 3.17. The van der Waals surface area contributed by atoms with E-state index in [2.05, 4.69) is 6.58 Å². The van der Waals surface area contributed by atoms with E-state index in [1.807, 2.05) is 43.3 Å². The van der Waals surface area contributed by atoms with Gasteiger partial charge in [-0.2, -0.15) is 0 Å². The summed E-state index contributed by atoms with van der Waals surface area (Å²) < 4.78 is 0. The van der Waals surface area contributed by atoms with Crippen LogP contribution in [0, 0.1) is 5.41 Å². The maximum atomic E-state index is 7.54. The van der Waals surface area contributed by atoms with Crippen molar-refractivity contribution in [3.8, 4) is 0 Å². The van der Waals surface area contributed by atoms with Gasteiger partial charge in [-0.25, -0.2) is 0 Å². The van der Waals surface area contributed by atoms with E-state index in [0.717, 1.165) is 16.7 Å². The van der Waals surface area contributed by atoms with E-state index in [1.54, 1.807) is 6.92 Å². The van der Waals surface area contributed by atoms with E-state index >= 15 is 0 Å². The van der Waals surface area contributed by atoms with Gasteiger partial charge in [-0.3, -0.25) is 0 Å². The summed E-state index contributed by atoms with van der Waals surface area (Å²) in [5.74, 6) is 0. The second kappa shape index (κ2) is 4.56. The molecule has 0 saturated heterocycles. The Kier molecular flexibility index (Phi) is 3.41. The molecule has 1 heteroatoms. The van der Waals surface area contributed by atoms with Gasteiger partial charge in [0.2, 0.25) is 0 Å². The fourth-order valence-electron chi connectivity index (χ4n) is 1.33. The van der Waals surface area contributed by atoms with Gasteiger partial charge in [0, 0.05) is 5.71 Å². The van der Waals surface area contributed by atoms with Crippen molar-refractivity contribution in [2.45, 2.75) is 13.8 Å². The smallest absolute Gasteiger partial charge is 0.0355 e. The lowest BCUT2D eigenvalue weighted by Gasteiger charge is -2.09. The average molecular weight is 185 g/mol. The molecule has 1 N–H and O–H groups in total. The van der Waals surface area contributed by atoms with Crippen molar-refractivity contribution in [3.63, 3.8) is 0 Å². The Morgan fingerprint density at radius 3 is 2.29 bits per heavy atom. The van der Waals surface area contributed by atoms with Crippen LogP contribution in [0.3, 0.4) is 0 Å². The SMILES string of the molecule is C=C(C(C)=N)C(=CC)c1ccccc1. The molecule has 1 nitrogen and oxygen atoms in total. The standard InChI is InChI=1S/C13H15N/c1-4-13(10(2)11(3)14)12-8-6-5-7-9-12/h4-9,14H,2H2,1,3H3. The van der Waals surface area contributed by atoms with Gasteiger partial charge in [0.05, 0.1) is 0 Å². The monoisotopic (exact) mass is 185 g/mol. The lowest BCUT2D eigenvalue weighted by atomic mass is 9.96. The van der Waals surface area contributed by atoms with Crippen molar-refractivity contribution >= 4 is 11.3 Å². The Labute approximate surface area is 85.3 Å². The molecule has 0 saturated carbocycles. The first-order chi connectivity index (χ1) is 6.66. The van der Waals surface area contributed by atoms with E-state index < -0.39 is 0 Å². The molecule has 0 aliphatic heterocycles. The van der Waals surface area contributed by atoms with Crippen LogP contribution in [0.1, 0.15) is 19.4 Å². The van der Waals surface area contributed by atoms with Gasteiger partial charge in [-0.15, -0.1) is 0 Å². The molecule has 72 valence electrons. The Balaban J connectivity index is 3.07. The highest BCUT2D eigenvalue weighted by Crippen LogP contribution is 2.21. The molecule has 0 aliphatic carbocycles.